The number of amides is 1. The van der Waals surface area contributed by atoms with Crippen LogP contribution in [-0.4, -0.2) is 39.2 Å². The van der Waals surface area contributed by atoms with Gasteiger partial charge in [-0.1, -0.05) is 37.2 Å². The highest BCUT2D eigenvalue weighted by molar-refractivity contribution is 7.99. The lowest BCUT2D eigenvalue weighted by molar-refractivity contribution is -0.130. The minimum absolute atomic E-state index is 0.0933. The van der Waals surface area contributed by atoms with E-state index in [1.165, 1.54) is 23.1 Å². The lowest BCUT2D eigenvalue weighted by atomic mass is 9.92. The van der Waals surface area contributed by atoms with Crippen LogP contribution in [0.5, 0.6) is 0 Å². The Morgan fingerprint density at radius 2 is 1.90 bits per heavy atom. The van der Waals surface area contributed by atoms with Crippen LogP contribution in [0.2, 0.25) is 5.02 Å². The molecule has 1 aromatic carbocycles. The number of carbonyl (C=O) groups excluding carboxylic acids is 1. The van der Waals surface area contributed by atoms with E-state index in [1.807, 2.05) is 16.3 Å². The van der Waals surface area contributed by atoms with Crippen molar-refractivity contribution in [1.82, 2.24) is 14.5 Å². The highest BCUT2D eigenvalue weighted by Crippen LogP contribution is 2.26. The number of nitrogens with zero attached hydrogens (tertiary/aromatic N) is 3. The molecule has 8 heteroatoms. The monoisotopic (exact) mass is 447 g/mol. The van der Waals surface area contributed by atoms with Crippen LogP contribution in [0.4, 0.5) is 0 Å². The quantitative estimate of drug-likeness (QED) is 0.429. The first-order chi connectivity index (χ1) is 13.9. The Balaban J connectivity index is 1.64. The van der Waals surface area contributed by atoms with E-state index >= 15 is 0 Å². The number of carbonyl (C=O) groups is 1. The summed E-state index contributed by atoms with van der Waals surface area (Å²) in [7, 11) is 0. The van der Waals surface area contributed by atoms with Crippen LogP contribution in [0.15, 0.2) is 45.7 Å². The van der Waals surface area contributed by atoms with Gasteiger partial charge in [-0.15, -0.1) is 11.3 Å². The minimum Gasteiger partial charge on any atom is -0.341 e. The van der Waals surface area contributed by atoms with Gasteiger partial charge < -0.3 is 4.90 Å². The number of piperidine rings is 1. The number of thioether (sulfide) groups is 1. The fraction of sp³-hybridized carbons (Fsp3) is 0.381. The van der Waals surface area contributed by atoms with Crippen LogP contribution in [0, 0.1) is 11.8 Å². The van der Waals surface area contributed by atoms with Gasteiger partial charge in [-0.3, -0.25) is 14.2 Å². The van der Waals surface area contributed by atoms with Gasteiger partial charge in [-0.05, 0) is 54.0 Å². The molecule has 4 rings (SSSR count). The third-order valence-corrected chi connectivity index (χ3v) is 7.15. The summed E-state index contributed by atoms with van der Waals surface area (Å²) >= 11 is 8.70. The summed E-state index contributed by atoms with van der Waals surface area (Å²) in [5, 5.41) is 2.99. The average molecular weight is 448 g/mol. The van der Waals surface area contributed by atoms with Gasteiger partial charge in [-0.2, -0.15) is 0 Å². The second-order valence-electron chi connectivity index (χ2n) is 7.68. The highest BCUT2D eigenvalue weighted by Gasteiger charge is 2.26. The lowest BCUT2D eigenvalue weighted by Gasteiger charge is -2.35. The predicted molar refractivity (Wildman–Crippen MR) is 120 cm³/mol. The molecule has 2 aromatic heterocycles. The van der Waals surface area contributed by atoms with E-state index in [9.17, 15) is 9.59 Å². The second-order valence-corrected chi connectivity index (χ2v) is 9.97. The summed E-state index contributed by atoms with van der Waals surface area (Å²) in [6.45, 7) is 5.97. The lowest BCUT2D eigenvalue weighted by Crippen LogP contribution is -2.43. The molecule has 5 nitrogen and oxygen atoms in total. The first-order valence-corrected chi connectivity index (χ1v) is 11.8. The van der Waals surface area contributed by atoms with Crippen molar-refractivity contribution in [3.63, 3.8) is 0 Å². The van der Waals surface area contributed by atoms with Gasteiger partial charge in [0.25, 0.3) is 5.56 Å². The number of aromatic nitrogens is 2. The number of thiophene rings is 1. The fourth-order valence-corrected chi connectivity index (χ4v) is 5.69. The van der Waals surface area contributed by atoms with Crippen molar-refractivity contribution in [3.05, 3.63) is 51.1 Å². The Morgan fingerprint density at radius 1 is 1.21 bits per heavy atom. The summed E-state index contributed by atoms with van der Waals surface area (Å²) in [5.74, 6) is 1.38. The first kappa shape index (κ1) is 20.4. The molecule has 3 heterocycles. The molecular weight excluding hydrogens is 426 g/mol. The molecule has 152 valence electrons. The van der Waals surface area contributed by atoms with Gasteiger partial charge in [0, 0.05) is 18.1 Å². The molecule has 0 N–H and O–H groups in total. The van der Waals surface area contributed by atoms with Crippen LogP contribution in [0.25, 0.3) is 15.9 Å². The maximum Gasteiger partial charge on any atom is 0.276 e. The maximum absolute atomic E-state index is 13.1. The molecular formula is C21H22ClN3O2S2. The van der Waals surface area contributed by atoms with Gasteiger partial charge in [0.15, 0.2) is 5.16 Å². The second kappa shape index (κ2) is 8.50. The Labute approximate surface area is 182 Å². The molecule has 0 spiro atoms. The smallest absolute Gasteiger partial charge is 0.276 e. The molecule has 1 amide bonds. The van der Waals surface area contributed by atoms with Crippen molar-refractivity contribution in [2.75, 3.05) is 18.8 Å². The Kier molecular flexibility index (Phi) is 5.99. The standard InChI is InChI=1S/C21H22ClN3O2S2/c1-13-9-14(2)11-24(10-13)18(26)12-29-21-23-17-7-8-28-19(17)20(27)25(21)16-5-3-15(22)4-6-16/h3-8,13-14H,9-12H2,1-2H3/t13-,14-/m1/s1. The van der Waals surface area contributed by atoms with E-state index in [1.54, 1.807) is 28.8 Å². The molecule has 1 fully saturated rings. The van der Waals surface area contributed by atoms with Gasteiger partial charge in [0.1, 0.15) is 4.70 Å². The van der Waals surface area contributed by atoms with Crippen LogP contribution in [0.1, 0.15) is 20.3 Å². The number of halogens is 1. The fourth-order valence-electron chi connectivity index (χ4n) is 3.89. The van der Waals surface area contributed by atoms with Crippen LogP contribution < -0.4 is 5.56 Å². The number of benzene rings is 1. The van der Waals surface area contributed by atoms with Crippen molar-refractivity contribution < 1.29 is 4.79 Å². The van der Waals surface area contributed by atoms with E-state index in [-0.39, 0.29) is 17.2 Å². The van der Waals surface area contributed by atoms with E-state index in [0.717, 1.165) is 19.5 Å². The zero-order valence-corrected chi connectivity index (χ0v) is 18.7. The van der Waals surface area contributed by atoms with Gasteiger partial charge in [-0.25, -0.2) is 4.98 Å². The van der Waals surface area contributed by atoms with Gasteiger partial charge in [0.2, 0.25) is 5.91 Å². The molecule has 0 bridgehead atoms. The zero-order valence-electron chi connectivity index (χ0n) is 16.3. The molecule has 2 atom stereocenters. The maximum atomic E-state index is 13.1. The van der Waals surface area contributed by atoms with Gasteiger partial charge >= 0.3 is 0 Å². The summed E-state index contributed by atoms with van der Waals surface area (Å²) in [6, 6.07) is 8.93. The number of hydrogen-bond donors (Lipinski definition) is 0. The SMILES string of the molecule is C[C@@H]1C[C@@H](C)CN(C(=O)CSc2nc3ccsc3c(=O)n2-c2ccc(Cl)cc2)C1. The van der Waals surface area contributed by atoms with Crippen molar-refractivity contribution in [1.29, 1.82) is 0 Å². The number of hydrogen-bond acceptors (Lipinski definition) is 5. The Hall–Kier alpha value is -1.83. The number of rotatable bonds is 4. The van der Waals surface area contributed by atoms with Gasteiger partial charge in [0.05, 0.1) is 17.0 Å². The first-order valence-electron chi connectivity index (χ1n) is 9.59. The third-order valence-electron chi connectivity index (χ3n) is 5.08. The largest absolute Gasteiger partial charge is 0.341 e. The van der Waals surface area contributed by atoms with Crippen molar-refractivity contribution >= 4 is 50.8 Å². The molecule has 0 saturated carbocycles. The molecule has 0 radical (unpaired) electrons. The molecule has 1 aliphatic rings. The van der Waals surface area contributed by atoms with E-state index in [2.05, 4.69) is 18.8 Å². The normalized spacial score (nSPS) is 19.6. The Bertz CT molecular complexity index is 1080. The van der Waals surface area contributed by atoms with E-state index in [4.69, 9.17) is 11.6 Å². The van der Waals surface area contributed by atoms with Crippen molar-refractivity contribution in [3.8, 4) is 5.69 Å². The minimum atomic E-state index is -0.123. The molecule has 3 aromatic rings. The number of likely N-dealkylation sites (tertiary alicyclic amines) is 1. The summed E-state index contributed by atoms with van der Waals surface area (Å²) in [5.41, 5.74) is 1.24. The highest BCUT2D eigenvalue weighted by atomic mass is 35.5. The number of fused-ring (bicyclic) bond motifs is 1. The predicted octanol–water partition coefficient (Wildman–Crippen LogP) is 4.70. The summed E-state index contributed by atoms with van der Waals surface area (Å²) < 4.78 is 2.18. The van der Waals surface area contributed by atoms with E-state index < -0.39 is 0 Å². The van der Waals surface area contributed by atoms with Crippen molar-refractivity contribution in [2.45, 2.75) is 25.4 Å². The summed E-state index contributed by atoms with van der Waals surface area (Å²) in [6.07, 6.45) is 1.16. The summed E-state index contributed by atoms with van der Waals surface area (Å²) in [4.78, 5) is 32.6. The van der Waals surface area contributed by atoms with Crippen LogP contribution in [-0.2, 0) is 4.79 Å². The Morgan fingerprint density at radius 3 is 2.59 bits per heavy atom. The molecule has 1 aliphatic heterocycles. The molecule has 1 saturated heterocycles. The molecule has 0 unspecified atom stereocenters. The average Bonchev–Trinajstić information content (AvgIpc) is 3.15. The third kappa shape index (κ3) is 4.37. The van der Waals surface area contributed by atoms with E-state index in [0.29, 0.717) is 37.9 Å². The topological polar surface area (TPSA) is 55.2 Å². The van der Waals surface area contributed by atoms with Crippen molar-refractivity contribution in [2.24, 2.45) is 11.8 Å². The van der Waals surface area contributed by atoms with Crippen LogP contribution in [0.3, 0.4) is 0 Å². The van der Waals surface area contributed by atoms with Crippen LogP contribution >= 0.6 is 34.7 Å². The molecule has 29 heavy (non-hydrogen) atoms. The molecule has 0 aliphatic carbocycles. The zero-order chi connectivity index (χ0) is 20.5.